The Morgan fingerprint density at radius 2 is 1.70 bits per heavy atom. The van der Waals surface area contributed by atoms with Crippen molar-refractivity contribution < 1.29 is 0 Å². The fraction of sp³-hybridized carbons (Fsp3) is 0.143. The molecular formula is C14H16N6. The molecule has 0 radical (unpaired) electrons. The standard InChI is InChI=1S/C14H16N6/c1-19-12(7-9-16-19)14(18-15)13-8-10-17-20(13)11-5-3-2-4-6-11/h2-10,14,18H,15H2,1H3. The van der Waals surface area contributed by atoms with Crippen molar-refractivity contribution in [3.63, 3.8) is 0 Å². The summed E-state index contributed by atoms with van der Waals surface area (Å²) in [5, 5.41) is 8.58. The van der Waals surface area contributed by atoms with Gasteiger partial charge in [-0.05, 0) is 24.3 Å². The van der Waals surface area contributed by atoms with Gasteiger partial charge in [0.25, 0.3) is 0 Å². The van der Waals surface area contributed by atoms with E-state index < -0.39 is 0 Å². The summed E-state index contributed by atoms with van der Waals surface area (Å²) in [6, 6.07) is 13.7. The van der Waals surface area contributed by atoms with Crippen LogP contribution in [-0.2, 0) is 7.05 Å². The van der Waals surface area contributed by atoms with E-state index in [1.54, 1.807) is 17.1 Å². The molecule has 0 spiro atoms. The van der Waals surface area contributed by atoms with E-state index in [1.165, 1.54) is 0 Å². The highest BCUT2D eigenvalue weighted by Gasteiger charge is 2.20. The van der Waals surface area contributed by atoms with Crippen LogP contribution in [0.5, 0.6) is 0 Å². The lowest BCUT2D eigenvalue weighted by atomic mass is 10.1. The number of nitrogens with two attached hydrogens (primary N) is 1. The van der Waals surface area contributed by atoms with Crippen molar-refractivity contribution in [1.82, 2.24) is 25.0 Å². The number of hydrogen-bond donors (Lipinski definition) is 2. The largest absolute Gasteiger partial charge is 0.271 e. The van der Waals surface area contributed by atoms with E-state index in [1.807, 2.05) is 54.2 Å². The number of nitrogens with zero attached hydrogens (tertiary/aromatic N) is 4. The summed E-state index contributed by atoms with van der Waals surface area (Å²) < 4.78 is 3.67. The van der Waals surface area contributed by atoms with Crippen LogP contribution in [0.1, 0.15) is 17.4 Å². The molecule has 102 valence electrons. The summed E-state index contributed by atoms with van der Waals surface area (Å²) in [4.78, 5) is 0. The Labute approximate surface area is 116 Å². The summed E-state index contributed by atoms with van der Waals surface area (Å²) in [6.45, 7) is 0. The molecule has 0 aliphatic rings. The molecule has 0 amide bonds. The maximum Gasteiger partial charge on any atom is 0.105 e. The first kappa shape index (κ1) is 12.6. The van der Waals surface area contributed by atoms with Crippen molar-refractivity contribution >= 4 is 0 Å². The Hall–Kier alpha value is -2.44. The van der Waals surface area contributed by atoms with Gasteiger partial charge >= 0.3 is 0 Å². The van der Waals surface area contributed by atoms with Gasteiger partial charge in [0.2, 0.25) is 0 Å². The number of benzene rings is 1. The molecule has 2 heterocycles. The highest BCUT2D eigenvalue weighted by Crippen LogP contribution is 2.22. The first-order valence-corrected chi connectivity index (χ1v) is 6.34. The predicted octanol–water partition coefficient (Wildman–Crippen LogP) is 1.16. The lowest BCUT2D eigenvalue weighted by Crippen LogP contribution is -2.32. The predicted molar refractivity (Wildman–Crippen MR) is 75.9 cm³/mol. The Bertz CT molecular complexity index is 685. The fourth-order valence-electron chi connectivity index (χ4n) is 2.31. The SMILES string of the molecule is Cn1nccc1C(NN)c1ccnn1-c1ccccc1. The highest BCUT2D eigenvalue weighted by molar-refractivity contribution is 5.35. The van der Waals surface area contributed by atoms with E-state index in [4.69, 9.17) is 5.84 Å². The zero-order valence-corrected chi connectivity index (χ0v) is 11.1. The number of hydrazine groups is 1. The van der Waals surface area contributed by atoms with Gasteiger partial charge in [0, 0.05) is 19.4 Å². The highest BCUT2D eigenvalue weighted by atomic mass is 15.3. The van der Waals surface area contributed by atoms with Gasteiger partial charge in [-0.1, -0.05) is 18.2 Å². The number of rotatable bonds is 4. The quantitative estimate of drug-likeness (QED) is 0.550. The van der Waals surface area contributed by atoms with Gasteiger partial charge in [-0.25, -0.2) is 10.1 Å². The third-order valence-corrected chi connectivity index (χ3v) is 3.29. The molecule has 6 heteroatoms. The normalized spacial score (nSPS) is 12.5. The van der Waals surface area contributed by atoms with Gasteiger partial charge in [-0.3, -0.25) is 10.5 Å². The number of aryl methyl sites for hydroxylation is 1. The number of hydrogen-bond acceptors (Lipinski definition) is 4. The van der Waals surface area contributed by atoms with Gasteiger partial charge in [-0.2, -0.15) is 10.2 Å². The van der Waals surface area contributed by atoms with Crippen molar-refractivity contribution in [2.45, 2.75) is 6.04 Å². The maximum atomic E-state index is 5.74. The van der Waals surface area contributed by atoms with Crippen molar-refractivity contribution in [2.24, 2.45) is 12.9 Å². The molecule has 0 aliphatic carbocycles. The van der Waals surface area contributed by atoms with Crippen molar-refractivity contribution in [3.8, 4) is 5.69 Å². The average Bonchev–Trinajstić information content (AvgIpc) is 3.11. The Kier molecular flexibility index (Phi) is 3.32. The monoisotopic (exact) mass is 268 g/mol. The van der Waals surface area contributed by atoms with Gasteiger partial charge in [-0.15, -0.1) is 0 Å². The van der Waals surface area contributed by atoms with Crippen LogP contribution in [0.2, 0.25) is 0 Å². The fourth-order valence-corrected chi connectivity index (χ4v) is 2.31. The van der Waals surface area contributed by atoms with Crippen LogP contribution in [0.4, 0.5) is 0 Å². The molecule has 6 nitrogen and oxygen atoms in total. The number of aromatic nitrogens is 4. The number of nitrogens with one attached hydrogen (secondary N) is 1. The van der Waals surface area contributed by atoms with E-state index in [0.717, 1.165) is 17.1 Å². The third kappa shape index (κ3) is 2.11. The Morgan fingerprint density at radius 1 is 1.00 bits per heavy atom. The van der Waals surface area contributed by atoms with Crippen molar-refractivity contribution in [2.75, 3.05) is 0 Å². The van der Waals surface area contributed by atoms with E-state index in [-0.39, 0.29) is 6.04 Å². The summed E-state index contributed by atoms with van der Waals surface area (Å²) in [6.07, 6.45) is 3.52. The lowest BCUT2D eigenvalue weighted by molar-refractivity contribution is 0.549. The van der Waals surface area contributed by atoms with Gasteiger partial charge in [0.15, 0.2) is 0 Å². The topological polar surface area (TPSA) is 73.7 Å². The van der Waals surface area contributed by atoms with Crippen LogP contribution >= 0.6 is 0 Å². The Morgan fingerprint density at radius 3 is 2.35 bits per heavy atom. The molecule has 0 saturated heterocycles. The molecule has 1 unspecified atom stereocenters. The zero-order chi connectivity index (χ0) is 13.9. The lowest BCUT2D eigenvalue weighted by Gasteiger charge is -2.18. The molecule has 1 aromatic carbocycles. The van der Waals surface area contributed by atoms with Crippen molar-refractivity contribution in [1.29, 1.82) is 0 Å². The van der Waals surface area contributed by atoms with Crippen LogP contribution in [-0.4, -0.2) is 19.6 Å². The smallest absolute Gasteiger partial charge is 0.105 e. The Balaban J connectivity index is 2.07. The number of para-hydroxylation sites is 1. The van der Waals surface area contributed by atoms with E-state index in [9.17, 15) is 0 Å². The van der Waals surface area contributed by atoms with Crippen molar-refractivity contribution in [3.05, 3.63) is 66.2 Å². The summed E-state index contributed by atoms with van der Waals surface area (Å²) >= 11 is 0. The molecule has 0 saturated carbocycles. The molecule has 3 rings (SSSR count). The van der Waals surface area contributed by atoms with E-state index in [0.29, 0.717) is 0 Å². The minimum atomic E-state index is -0.176. The minimum absolute atomic E-state index is 0.176. The van der Waals surface area contributed by atoms with Crippen LogP contribution in [0, 0.1) is 0 Å². The second-order valence-corrected chi connectivity index (χ2v) is 4.48. The molecule has 1 atom stereocenters. The van der Waals surface area contributed by atoms with E-state index in [2.05, 4.69) is 15.6 Å². The molecule has 3 N–H and O–H groups in total. The van der Waals surface area contributed by atoms with Crippen LogP contribution in [0.25, 0.3) is 5.69 Å². The van der Waals surface area contributed by atoms with Gasteiger partial charge < -0.3 is 0 Å². The third-order valence-electron chi connectivity index (χ3n) is 3.29. The van der Waals surface area contributed by atoms with Crippen LogP contribution in [0.3, 0.4) is 0 Å². The zero-order valence-electron chi connectivity index (χ0n) is 11.1. The minimum Gasteiger partial charge on any atom is -0.271 e. The second kappa shape index (κ2) is 5.28. The molecule has 0 fully saturated rings. The molecule has 0 bridgehead atoms. The molecule has 0 aliphatic heterocycles. The van der Waals surface area contributed by atoms with E-state index >= 15 is 0 Å². The molecular weight excluding hydrogens is 252 g/mol. The molecule has 2 aromatic heterocycles. The second-order valence-electron chi connectivity index (χ2n) is 4.48. The molecule has 20 heavy (non-hydrogen) atoms. The average molecular weight is 268 g/mol. The summed E-state index contributed by atoms with van der Waals surface area (Å²) in [5.41, 5.74) is 5.77. The summed E-state index contributed by atoms with van der Waals surface area (Å²) in [7, 11) is 1.89. The molecule has 3 aromatic rings. The van der Waals surface area contributed by atoms with Gasteiger partial charge in [0.1, 0.15) is 6.04 Å². The first-order valence-electron chi connectivity index (χ1n) is 6.34. The van der Waals surface area contributed by atoms with Crippen LogP contribution in [0.15, 0.2) is 54.9 Å². The first-order chi connectivity index (χ1) is 9.81. The van der Waals surface area contributed by atoms with Gasteiger partial charge in [0.05, 0.1) is 17.1 Å². The summed E-state index contributed by atoms with van der Waals surface area (Å²) in [5.74, 6) is 5.74. The maximum absolute atomic E-state index is 5.74. The van der Waals surface area contributed by atoms with Crippen LogP contribution < -0.4 is 11.3 Å².